The van der Waals surface area contributed by atoms with E-state index in [1.807, 2.05) is 0 Å². The fraction of sp³-hybridized carbons (Fsp3) is 0.647. The molecule has 0 bridgehead atoms. The molecule has 1 saturated carbocycles. The van der Waals surface area contributed by atoms with E-state index in [0.717, 1.165) is 18.5 Å². The maximum Gasteiger partial charge on any atom is 0.00952 e. The van der Waals surface area contributed by atoms with E-state index < -0.39 is 0 Å². The topological polar surface area (TPSA) is 12.0 Å². The van der Waals surface area contributed by atoms with Gasteiger partial charge in [0, 0.05) is 6.04 Å². The molecule has 100 valence electrons. The third-order valence-corrected chi connectivity index (χ3v) is 4.14. The second kappa shape index (κ2) is 6.94. The van der Waals surface area contributed by atoms with Gasteiger partial charge in [-0.2, -0.15) is 0 Å². The molecular weight excluding hydrogens is 218 g/mol. The average Bonchev–Trinajstić information content (AvgIpc) is 3.23. The van der Waals surface area contributed by atoms with E-state index in [1.54, 1.807) is 0 Å². The molecule has 0 radical (unpaired) electrons. The molecule has 0 aliphatic heterocycles. The van der Waals surface area contributed by atoms with Crippen molar-refractivity contribution in [3.63, 3.8) is 0 Å². The quantitative estimate of drug-likeness (QED) is 0.718. The molecule has 1 heteroatoms. The summed E-state index contributed by atoms with van der Waals surface area (Å²) in [5.41, 5.74) is 1.47. The molecule has 0 aromatic heterocycles. The van der Waals surface area contributed by atoms with Crippen molar-refractivity contribution in [3.8, 4) is 0 Å². The molecule has 1 aliphatic carbocycles. The Hall–Kier alpha value is -0.820. The van der Waals surface area contributed by atoms with Gasteiger partial charge in [0.2, 0.25) is 0 Å². The Morgan fingerprint density at radius 2 is 1.89 bits per heavy atom. The van der Waals surface area contributed by atoms with Crippen molar-refractivity contribution in [2.24, 2.45) is 5.92 Å². The Labute approximate surface area is 112 Å². The zero-order chi connectivity index (χ0) is 12.8. The first-order chi connectivity index (χ1) is 8.81. The van der Waals surface area contributed by atoms with Gasteiger partial charge in [-0.25, -0.2) is 0 Å². The maximum atomic E-state index is 3.78. The van der Waals surface area contributed by atoms with Gasteiger partial charge in [-0.1, -0.05) is 50.6 Å². The first-order valence-electron chi connectivity index (χ1n) is 7.59. The van der Waals surface area contributed by atoms with Gasteiger partial charge in [-0.3, -0.25) is 0 Å². The molecule has 1 aromatic rings. The van der Waals surface area contributed by atoms with Crippen LogP contribution in [-0.4, -0.2) is 12.6 Å². The molecule has 0 spiro atoms. The molecule has 2 unspecified atom stereocenters. The lowest BCUT2D eigenvalue weighted by molar-refractivity contribution is 0.420. The Morgan fingerprint density at radius 1 is 1.17 bits per heavy atom. The summed E-state index contributed by atoms with van der Waals surface area (Å²) in [6.45, 7) is 5.80. The van der Waals surface area contributed by atoms with Crippen molar-refractivity contribution in [1.29, 1.82) is 0 Å². The van der Waals surface area contributed by atoms with Crippen LogP contribution in [0.25, 0.3) is 0 Å². The molecule has 18 heavy (non-hydrogen) atoms. The summed E-state index contributed by atoms with van der Waals surface area (Å²) in [4.78, 5) is 0. The second-order valence-electron chi connectivity index (χ2n) is 5.79. The van der Waals surface area contributed by atoms with Crippen LogP contribution >= 0.6 is 0 Å². The van der Waals surface area contributed by atoms with Crippen molar-refractivity contribution in [2.45, 2.75) is 57.9 Å². The van der Waals surface area contributed by atoms with Gasteiger partial charge in [0.25, 0.3) is 0 Å². The van der Waals surface area contributed by atoms with Gasteiger partial charge in [-0.15, -0.1) is 0 Å². The van der Waals surface area contributed by atoms with E-state index in [4.69, 9.17) is 0 Å². The van der Waals surface area contributed by atoms with Gasteiger partial charge in [0.1, 0.15) is 0 Å². The molecule has 1 fully saturated rings. The number of rotatable bonds is 8. The van der Waals surface area contributed by atoms with Gasteiger partial charge in [0.15, 0.2) is 0 Å². The van der Waals surface area contributed by atoms with Gasteiger partial charge >= 0.3 is 0 Å². The lowest BCUT2D eigenvalue weighted by Crippen LogP contribution is -2.32. The van der Waals surface area contributed by atoms with E-state index in [0.29, 0.717) is 5.92 Å². The Bertz CT molecular complexity index is 329. The van der Waals surface area contributed by atoms with Crippen LogP contribution in [0.15, 0.2) is 30.3 Å². The van der Waals surface area contributed by atoms with E-state index in [9.17, 15) is 0 Å². The minimum atomic E-state index is 0.667. The van der Waals surface area contributed by atoms with E-state index >= 15 is 0 Å². The molecule has 1 nitrogen and oxygen atoms in total. The van der Waals surface area contributed by atoms with Gasteiger partial charge < -0.3 is 5.32 Å². The van der Waals surface area contributed by atoms with Crippen LogP contribution in [0.2, 0.25) is 0 Å². The Balaban J connectivity index is 1.70. The highest BCUT2D eigenvalue weighted by Crippen LogP contribution is 2.34. The molecule has 0 amide bonds. The smallest absolute Gasteiger partial charge is 0.00952 e. The largest absolute Gasteiger partial charge is 0.314 e. The van der Waals surface area contributed by atoms with Crippen LogP contribution in [0.4, 0.5) is 0 Å². The second-order valence-corrected chi connectivity index (χ2v) is 5.79. The third kappa shape index (κ3) is 4.13. The van der Waals surface area contributed by atoms with Crippen molar-refractivity contribution in [3.05, 3.63) is 35.9 Å². The maximum absolute atomic E-state index is 3.78. The normalized spacial score (nSPS) is 18.6. The molecule has 2 rings (SSSR count). The number of benzene rings is 1. The fourth-order valence-corrected chi connectivity index (χ4v) is 2.75. The van der Waals surface area contributed by atoms with E-state index in [2.05, 4.69) is 49.5 Å². The SMILES string of the molecule is CCCC(NCCC(C)c1ccccc1)C1CC1. The first kappa shape index (κ1) is 13.6. The van der Waals surface area contributed by atoms with Gasteiger partial charge in [0.05, 0.1) is 0 Å². The summed E-state index contributed by atoms with van der Waals surface area (Å²) < 4.78 is 0. The van der Waals surface area contributed by atoms with Crippen molar-refractivity contribution >= 4 is 0 Å². The molecule has 2 atom stereocenters. The van der Waals surface area contributed by atoms with Crippen molar-refractivity contribution in [2.75, 3.05) is 6.54 Å². The molecule has 1 N–H and O–H groups in total. The fourth-order valence-electron chi connectivity index (χ4n) is 2.75. The minimum absolute atomic E-state index is 0.667. The van der Waals surface area contributed by atoms with Crippen molar-refractivity contribution in [1.82, 2.24) is 5.32 Å². The lowest BCUT2D eigenvalue weighted by atomic mass is 9.97. The summed E-state index contributed by atoms with van der Waals surface area (Å²) >= 11 is 0. The zero-order valence-electron chi connectivity index (χ0n) is 11.9. The zero-order valence-corrected chi connectivity index (χ0v) is 11.9. The van der Waals surface area contributed by atoms with Crippen LogP contribution in [0.5, 0.6) is 0 Å². The summed E-state index contributed by atoms with van der Waals surface area (Å²) in [5.74, 6) is 1.65. The van der Waals surface area contributed by atoms with Crippen LogP contribution < -0.4 is 5.32 Å². The average molecular weight is 245 g/mol. The number of hydrogen-bond acceptors (Lipinski definition) is 1. The number of nitrogens with one attached hydrogen (secondary N) is 1. The van der Waals surface area contributed by atoms with Crippen LogP contribution in [0.3, 0.4) is 0 Å². The number of hydrogen-bond donors (Lipinski definition) is 1. The molecule has 0 saturated heterocycles. The monoisotopic (exact) mass is 245 g/mol. The highest BCUT2D eigenvalue weighted by Gasteiger charge is 2.29. The predicted molar refractivity (Wildman–Crippen MR) is 78.9 cm³/mol. The molecular formula is C17H27N. The summed E-state index contributed by atoms with van der Waals surface area (Å²) in [6, 6.07) is 11.7. The highest BCUT2D eigenvalue weighted by atomic mass is 14.9. The predicted octanol–water partition coefficient (Wildman–Crippen LogP) is 4.35. The van der Waals surface area contributed by atoms with Crippen LogP contribution in [-0.2, 0) is 0 Å². The first-order valence-corrected chi connectivity index (χ1v) is 7.59. The minimum Gasteiger partial charge on any atom is -0.314 e. The summed E-state index contributed by atoms with van der Waals surface area (Å²) in [6.07, 6.45) is 6.81. The molecule has 1 aliphatic rings. The Morgan fingerprint density at radius 3 is 2.50 bits per heavy atom. The molecule has 1 aromatic carbocycles. The van der Waals surface area contributed by atoms with Crippen LogP contribution in [0, 0.1) is 5.92 Å². The Kier molecular flexibility index (Phi) is 5.25. The third-order valence-electron chi connectivity index (χ3n) is 4.14. The van der Waals surface area contributed by atoms with E-state index in [-0.39, 0.29) is 0 Å². The van der Waals surface area contributed by atoms with Gasteiger partial charge in [-0.05, 0) is 49.6 Å². The van der Waals surface area contributed by atoms with Crippen molar-refractivity contribution < 1.29 is 0 Å². The summed E-state index contributed by atoms with van der Waals surface area (Å²) in [7, 11) is 0. The standard InChI is InChI=1S/C17H27N/c1-3-7-17(16-10-11-16)18-13-12-14(2)15-8-5-4-6-9-15/h4-6,8-9,14,16-18H,3,7,10-13H2,1-2H3. The highest BCUT2D eigenvalue weighted by molar-refractivity contribution is 5.18. The van der Waals surface area contributed by atoms with Crippen LogP contribution in [0.1, 0.15) is 57.4 Å². The van der Waals surface area contributed by atoms with E-state index in [1.165, 1.54) is 37.7 Å². The molecule has 0 heterocycles. The lowest BCUT2D eigenvalue weighted by Gasteiger charge is -2.19. The summed E-state index contributed by atoms with van der Waals surface area (Å²) in [5, 5.41) is 3.78.